The molecule has 0 saturated heterocycles. The molecule has 7 heteroatoms. The molecule has 0 aromatic heterocycles. The molecule has 0 unspecified atom stereocenters. The Morgan fingerprint density at radius 3 is 2.43 bits per heavy atom. The molecule has 1 atom stereocenters. The molecule has 2 rings (SSSR count). The van der Waals surface area contributed by atoms with Gasteiger partial charge in [-0.05, 0) is 36.8 Å². The Hall–Kier alpha value is -1.14. The largest absolute Gasteiger partial charge is 0.244 e. The molecule has 0 saturated carbocycles. The lowest BCUT2D eigenvalue weighted by molar-refractivity contribution is 0.547. The molecule has 0 aliphatic rings. The average Bonchev–Trinajstić information content (AvgIpc) is 2.37. The smallest absolute Gasteiger partial charge is 0.207 e. The molecule has 0 heterocycles. The second-order valence-corrected chi connectivity index (χ2v) is 6.97. The maximum atomic E-state index is 13.7. The molecule has 0 amide bonds. The molecule has 0 aliphatic heterocycles. The van der Waals surface area contributed by atoms with Gasteiger partial charge in [-0.1, -0.05) is 41.4 Å². The van der Waals surface area contributed by atoms with Crippen molar-refractivity contribution in [3.05, 3.63) is 63.9 Å². The molecule has 21 heavy (non-hydrogen) atoms. The van der Waals surface area contributed by atoms with Crippen molar-refractivity contribution in [1.29, 1.82) is 0 Å². The summed E-state index contributed by atoms with van der Waals surface area (Å²) in [6.07, 6.45) is 0. The van der Waals surface area contributed by atoms with E-state index in [1.807, 2.05) is 0 Å². The summed E-state index contributed by atoms with van der Waals surface area (Å²) in [7, 11) is -4.01. The number of benzene rings is 2. The Bertz CT molecular complexity index is 765. The molecular weight excluding hydrogens is 336 g/mol. The predicted octanol–water partition coefficient (Wildman–Crippen LogP) is 4.17. The highest BCUT2D eigenvalue weighted by Gasteiger charge is 2.23. The number of hydrogen-bond acceptors (Lipinski definition) is 2. The molecular formula is C14H12Cl2FNO2S. The van der Waals surface area contributed by atoms with Crippen LogP contribution in [-0.2, 0) is 10.0 Å². The van der Waals surface area contributed by atoms with Gasteiger partial charge < -0.3 is 0 Å². The summed E-state index contributed by atoms with van der Waals surface area (Å²) >= 11 is 11.6. The van der Waals surface area contributed by atoms with E-state index in [0.29, 0.717) is 10.6 Å². The zero-order chi connectivity index (χ0) is 15.6. The van der Waals surface area contributed by atoms with Gasteiger partial charge in [0.05, 0.1) is 0 Å². The monoisotopic (exact) mass is 347 g/mol. The number of nitrogens with one attached hydrogen (secondary N) is 1. The minimum atomic E-state index is -4.01. The minimum absolute atomic E-state index is 0.130. The van der Waals surface area contributed by atoms with Crippen molar-refractivity contribution in [3.8, 4) is 0 Å². The predicted molar refractivity (Wildman–Crippen MR) is 81.6 cm³/mol. The van der Waals surface area contributed by atoms with Gasteiger partial charge >= 0.3 is 0 Å². The number of rotatable bonds is 4. The maximum Gasteiger partial charge on any atom is 0.244 e. The second kappa shape index (κ2) is 6.32. The molecule has 0 aliphatic carbocycles. The molecule has 0 spiro atoms. The first-order valence-electron chi connectivity index (χ1n) is 6.03. The van der Waals surface area contributed by atoms with E-state index < -0.39 is 26.8 Å². The average molecular weight is 348 g/mol. The van der Waals surface area contributed by atoms with Crippen LogP contribution in [0, 0.1) is 5.82 Å². The van der Waals surface area contributed by atoms with Crippen molar-refractivity contribution < 1.29 is 12.8 Å². The van der Waals surface area contributed by atoms with E-state index in [1.165, 1.54) is 6.07 Å². The lowest BCUT2D eigenvalue weighted by atomic mass is 10.1. The third-order valence-electron chi connectivity index (χ3n) is 2.89. The van der Waals surface area contributed by atoms with E-state index >= 15 is 0 Å². The lowest BCUT2D eigenvalue weighted by Gasteiger charge is -2.16. The fourth-order valence-electron chi connectivity index (χ4n) is 1.88. The number of halogens is 3. The molecule has 0 bridgehead atoms. The molecule has 112 valence electrons. The first-order valence-corrected chi connectivity index (χ1v) is 8.27. The molecule has 3 nitrogen and oxygen atoms in total. The Morgan fingerprint density at radius 1 is 1.14 bits per heavy atom. The second-order valence-electron chi connectivity index (χ2n) is 4.44. The van der Waals surface area contributed by atoms with Crippen molar-refractivity contribution in [1.82, 2.24) is 4.72 Å². The summed E-state index contributed by atoms with van der Waals surface area (Å²) in [5, 5.41) is 0.565. The van der Waals surface area contributed by atoms with Gasteiger partial charge in [0.1, 0.15) is 10.7 Å². The third-order valence-corrected chi connectivity index (χ3v) is 5.04. The van der Waals surface area contributed by atoms with Gasteiger partial charge in [0, 0.05) is 16.1 Å². The molecule has 0 fully saturated rings. The molecule has 1 N–H and O–H groups in total. The van der Waals surface area contributed by atoms with E-state index in [1.54, 1.807) is 31.2 Å². The number of hydrogen-bond donors (Lipinski definition) is 1. The van der Waals surface area contributed by atoms with Crippen molar-refractivity contribution in [2.24, 2.45) is 0 Å². The van der Waals surface area contributed by atoms with Gasteiger partial charge in [-0.3, -0.25) is 0 Å². The van der Waals surface area contributed by atoms with Gasteiger partial charge in [0.25, 0.3) is 0 Å². The Labute approximate surface area is 132 Å². The van der Waals surface area contributed by atoms with Crippen LogP contribution < -0.4 is 4.72 Å². The zero-order valence-corrected chi connectivity index (χ0v) is 13.3. The van der Waals surface area contributed by atoms with Gasteiger partial charge in [-0.25, -0.2) is 17.5 Å². The first kappa shape index (κ1) is 16.2. The van der Waals surface area contributed by atoms with E-state index in [4.69, 9.17) is 23.2 Å². The first-order chi connectivity index (χ1) is 9.81. The van der Waals surface area contributed by atoms with Crippen LogP contribution in [0.15, 0.2) is 47.4 Å². The van der Waals surface area contributed by atoms with Crippen LogP contribution in [0.4, 0.5) is 4.39 Å². The SMILES string of the molecule is C[C@H](NS(=O)(=O)c1ccc(Cl)cc1F)c1ccccc1Cl. The summed E-state index contributed by atoms with van der Waals surface area (Å²) in [5.41, 5.74) is 0.608. The number of sulfonamides is 1. The molecule has 0 radical (unpaired) electrons. The van der Waals surface area contributed by atoms with E-state index in [2.05, 4.69) is 4.72 Å². The molecule has 2 aromatic rings. The third kappa shape index (κ3) is 3.74. The highest BCUT2D eigenvalue weighted by molar-refractivity contribution is 7.89. The topological polar surface area (TPSA) is 46.2 Å². The van der Waals surface area contributed by atoms with Gasteiger partial charge in [0.2, 0.25) is 10.0 Å². The van der Waals surface area contributed by atoms with Gasteiger partial charge in [-0.2, -0.15) is 0 Å². The molecule has 2 aromatic carbocycles. The van der Waals surface area contributed by atoms with Crippen LogP contribution in [0.5, 0.6) is 0 Å². The van der Waals surface area contributed by atoms with Crippen LogP contribution in [0.2, 0.25) is 10.0 Å². The summed E-state index contributed by atoms with van der Waals surface area (Å²) in [4.78, 5) is -0.453. The van der Waals surface area contributed by atoms with Crippen LogP contribution in [0.1, 0.15) is 18.5 Å². The summed E-state index contributed by atoms with van der Waals surface area (Å²) in [5.74, 6) is -0.902. The van der Waals surface area contributed by atoms with Crippen LogP contribution in [-0.4, -0.2) is 8.42 Å². The summed E-state index contributed by atoms with van der Waals surface area (Å²) in [6.45, 7) is 1.63. The van der Waals surface area contributed by atoms with Gasteiger partial charge in [-0.15, -0.1) is 0 Å². The Morgan fingerprint density at radius 2 is 1.81 bits per heavy atom. The van der Waals surface area contributed by atoms with Crippen LogP contribution in [0.3, 0.4) is 0 Å². The fraction of sp³-hybridized carbons (Fsp3) is 0.143. The van der Waals surface area contributed by atoms with Crippen LogP contribution >= 0.6 is 23.2 Å². The fourth-order valence-corrected chi connectivity index (χ4v) is 3.62. The van der Waals surface area contributed by atoms with Crippen molar-refractivity contribution >= 4 is 33.2 Å². The van der Waals surface area contributed by atoms with E-state index in [9.17, 15) is 12.8 Å². The van der Waals surface area contributed by atoms with Crippen molar-refractivity contribution in [2.75, 3.05) is 0 Å². The van der Waals surface area contributed by atoms with Gasteiger partial charge in [0.15, 0.2) is 0 Å². The highest BCUT2D eigenvalue weighted by Crippen LogP contribution is 2.25. The zero-order valence-electron chi connectivity index (χ0n) is 11.0. The van der Waals surface area contributed by atoms with E-state index in [0.717, 1.165) is 12.1 Å². The quantitative estimate of drug-likeness (QED) is 0.901. The maximum absolute atomic E-state index is 13.7. The standard InChI is InChI=1S/C14H12Cl2FNO2S/c1-9(11-4-2-3-5-12(11)16)18-21(19,20)14-7-6-10(15)8-13(14)17/h2-9,18H,1H3/t9-/m0/s1. The summed E-state index contributed by atoms with van der Waals surface area (Å²) in [6, 6.07) is 9.65. The lowest BCUT2D eigenvalue weighted by Crippen LogP contribution is -2.27. The highest BCUT2D eigenvalue weighted by atomic mass is 35.5. The van der Waals surface area contributed by atoms with Crippen molar-refractivity contribution in [2.45, 2.75) is 17.9 Å². The van der Waals surface area contributed by atoms with E-state index in [-0.39, 0.29) is 5.02 Å². The Balaban J connectivity index is 2.31. The Kier molecular flexibility index (Phi) is 4.88. The van der Waals surface area contributed by atoms with Crippen LogP contribution in [0.25, 0.3) is 0 Å². The normalized spacial score (nSPS) is 13.1. The minimum Gasteiger partial charge on any atom is -0.207 e. The summed E-state index contributed by atoms with van der Waals surface area (Å²) < 4.78 is 40.6. The van der Waals surface area contributed by atoms with Crippen molar-refractivity contribution in [3.63, 3.8) is 0 Å².